The summed E-state index contributed by atoms with van der Waals surface area (Å²) >= 11 is 0. The molecule has 0 radical (unpaired) electrons. The highest BCUT2D eigenvalue weighted by atomic mass is 16.5. The van der Waals surface area contributed by atoms with Crippen LogP contribution in [0.3, 0.4) is 0 Å². The second kappa shape index (κ2) is 7.17. The van der Waals surface area contributed by atoms with E-state index >= 15 is 0 Å². The molecule has 128 valence electrons. The monoisotopic (exact) mass is 334 g/mol. The van der Waals surface area contributed by atoms with Crippen LogP contribution in [0, 0.1) is 6.92 Å². The lowest BCUT2D eigenvalue weighted by molar-refractivity contribution is 0.0252. The highest BCUT2D eigenvalue weighted by molar-refractivity contribution is 5.25. The lowest BCUT2D eigenvalue weighted by atomic mass is 10.1. The Hall–Kier alpha value is -2.50. The first kappa shape index (κ1) is 16.0. The van der Waals surface area contributed by atoms with Gasteiger partial charge in [0.15, 0.2) is 6.23 Å². The zero-order valence-corrected chi connectivity index (χ0v) is 14.4. The lowest BCUT2D eigenvalue weighted by Crippen LogP contribution is -2.23. The second-order valence-electron chi connectivity index (χ2n) is 6.45. The summed E-state index contributed by atoms with van der Waals surface area (Å²) in [6, 6.07) is 18.8. The van der Waals surface area contributed by atoms with Crippen LogP contribution < -0.4 is 0 Å². The molecule has 0 N–H and O–H groups in total. The van der Waals surface area contributed by atoms with Gasteiger partial charge in [-0.15, -0.1) is 5.10 Å². The van der Waals surface area contributed by atoms with E-state index in [0.717, 1.165) is 31.9 Å². The number of rotatable bonds is 5. The zero-order chi connectivity index (χ0) is 17.1. The molecular formula is C20H22N4O. The van der Waals surface area contributed by atoms with Crippen molar-refractivity contribution in [2.45, 2.75) is 26.2 Å². The van der Waals surface area contributed by atoms with Crippen LogP contribution in [-0.4, -0.2) is 33.0 Å². The fourth-order valence-electron chi connectivity index (χ4n) is 3.22. The molecule has 0 spiro atoms. The van der Waals surface area contributed by atoms with Crippen LogP contribution in [0.1, 0.15) is 28.6 Å². The van der Waals surface area contributed by atoms with Crippen molar-refractivity contribution in [1.29, 1.82) is 0 Å². The molecule has 0 amide bonds. The minimum absolute atomic E-state index is 0.120. The third-order valence-electron chi connectivity index (χ3n) is 4.62. The van der Waals surface area contributed by atoms with Gasteiger partial charge in [0.05, 0.1) is 19.3 Å². The largest absolute Gasteiger partial charge is 0.356 e. The number of ether oxygens (including phenoxy) is 1. The van der Waals surface area contributed by atoms with Gasteiger partial charge >= 0.3 is 0 Å². The van der Waals surface area contributed by atoms with Crippen molar-refractivity contribution < 1.29 is 4.74 Å². The molecule has 0 aliphatic carbocycles. The average molecular weight is 334 g/mol. The average Bonchev–Trinajstić information content (AvgIpc) is 3.27. The number of nitrogens with zero attached hydrogens (tertiary/aromatic N) is 4. The zero-order valence-electron chi connectivity index (χ0n) is 14.4. The van der Waals surface area contributed by atoms with Gasteiger partial charge in [0.25, 0.3) is 0 Å². The molecule has 4 rings (SSSR count). The minimum Gasteiger partial charge on any atom is -0.356 e. The lowest BCUT2D eigenvalue weighted by Gasteiger charge is -2.20. The van der Waals surface area contributed by atoms with Crippen molar-refractivity contribution in [3.63, 3.8) is 0 Å². The van der Waals surface area contributed by atoms with Crippen LogP contribution in [0.4, 0.5) is 0 Å². The normalized spacial score (nSPS) is 17.9. The Bertz CT molecular complexity index is 830. The molecule has 5 nitrogen and oxygen atoms in total. The Morgan fingerprint density at radius 3 is 2.68 bits per heavy atom. The predicted molar refractivity (Wildman–Crippen MR) is 95.8 cm³/mol. The molecule has 1 fully saturated rings. The number of hydrogen-bond donors (Lipinski definition) is 0. The van der Waals surface area contributed by atoms with E-state index < -0.39 is 0 Å². The molecular weight excluding hydrogens is 312 g/mol. The van der Waals surface area contributed by atoms with Crippen molar-refractivity contribution in [3.8, 4) is 0 Å². The van der Waals surface area contributed by atoms with Gasteiger partial charge in [-0.3, -0.25) is 4.90 Å². The third-order valence-corrected chi connectivity index (χ3v) is 4.62. The Kier molecular flexibility index (Phi) is 4.59. The van der Waals surface area contributed by atoms with Gasteiger partial charge in [-0.05, 0) is 23.6 Å². The fourth-order valence-corrected chi connectivity index (χ4v) is 3.22. The molecule has 2 heterocycles. The second-order valence-corrected chi connectivity index (χ2v) is 6.45. The van der Waals surface area contributed by atoms with Gasteiger partial charge in [0.1, 0.15) is 5.69 Å². The van der Waals surface area contributed by atoms with Gasteiger partial charge < -0.3 is 4.74 Å². The van der Waals surface area contributed by atoms with Gasteiger partial charge in [-0.2, -0.15) is 0 Å². The van der Waals surface area contributed by atoms with E-state index in [0.29, 0.717) is 0 Å². The molecule has 1 aromatic heterocycles. The minimum atomic E-state index is -0.120. The van der Waals surface area contributed by atoms with Crippen LogP contribution in [0.2, 0.25) is 0 Å². The van der Waals surface area contributed by atoms with Crippen molar-refractivity contribution in [2.24, 2.45) is 0 Å². The summed E-state index contributed by atoms with van der Waals surface area (Å²) in [6.45, 7) is 5.34. The van der Waals surface area contributed by atoms with E-state index in [1.165, 1.54) is 16.7 Å². The maximum absolute atomic E-state index is 5.92. The standard InChI is InChI=1S/C20H22N4O/c1-16-7-5-6-10-18(16)14-24-15-19(21-22-24)20-23(11-12-25-20)13-17-8-3-2-4-9-17/h2-10,15,20H,11-14H2,1H3/t20-/m1/s1. The SMILES string of the molecule is Cc1ccccc1Cn1cc([C@H]2OCCN2Cc2ccccc2)nn1. The third kappa shape index (κ3) is 3.62. The first-order chi connectivity index (χ1) is 12.3. The number of benzene rings is 2. The quantitative estimate of drug-likeness (QED) is 0.719. The van der Waals surface area contributed by atoms with Crippen LogP contribution in [-0.2, 0) is 17.8 Å². The van der Waals surface area contributed by atoms with Crippen LogP contribution in [0.15, 0.2) is 60.8 Å². The maximum atomic E-state index is 5.92. The fraction of sp³-hybridized carbons (Fsp3) is 0.300. The molecule has 1 aliphatic heterocycles. The van der Waals surface area contributed by atoms with Gasteiger partial charge in [0, 0.05) is 13.1 Å². The summed E-state index contributed by atoms with van der Waals surface area (Å²) in [6.07, 6.45) is 1.88. The molecule has 0 unspecified atom stereocenters. The van der Waals surface area contributed by atoms with E-state index in [-0.39, 0.29) is 6.23 Å². The van der Waals surface area contributed by atoms with E-state index in [1.54, 1.807) is 0 Å². The molecule has 0 bridgehead atoms. The molecule has 5 heteroatoms. The van der Waals surface area contributed by atoms with E-state index in [1.807, 2.05) is 16.9 Å². The molecule has 1 aliphatic rings. The van der Waals surface area contributed by atoms with Gasteiger partial charge in [0.2, 0.25) is 0 Å². The molecule has 2 aromatic carbocycles. The first-order valence-corrected chi connectivity index (χ1v) is 8.64. The van der Waals surface area contributed by atoms with Gasteiger partial charge in [-0.1, -0.05) is 59.8 Å². The number of aromatic nitrogens is 3. The highest BCUT2D eigenvalue weighted by Gasteiger charge is 2.29. The van der Waals surface area contributed by atoms with Crippen LogP contribution in [0.25, 0.3) is 0 Å². The molecule has 1 saturated heterocycles. The van der Waals surface area contributed by atoms with Crippen LogP contribution >= 0.6 is 0 Å². The summed E-state index contributed by atoms with van der Waals surface area (Å²) in [7, 11) is 0. The molecule has 1 atom stereocenters. The van der Waals surface area contributed by atoms with Crippen LogP contribution in [0.5, 0.6) is 0 Å². The smallest absolute Gasteiger partial charge is 0.157 e. The summed E-state index contributed by atoms with van der Waals surface area (Å²) in [5.74, 6) is 0. The maximum Gasteiger partial charge on any atom is 0.157 e. The molecule has 3 aromatic rings. The molecule has 0 saturated carbocycles. The predicted octanol–water partition coefficient (Wildman–Crippen LogP) is 3.17. The van der Waals surface area contributed by atoms with Crippen molar-refractivity contribution >= 4 is 0 Å². The van der Waals surface area contributed by atoms with Crippen molar-refractivity contribution in [2.75, 3.05) is 13.2 Å². The van der Waals surface area contributed by atoms with Crippen molar-refractivity contribution in [3.05, 3.63) is 83.2 Å². The Morgan fingerprint density at radius 1 is 1.04 bits per heavy atom. The highest BCUT2D eigenvalue weighted by Crippen LogP contribution is 2.27. The number of hydrogen-bond acceptors (Lipinski definition) is 4. The Morgan fingerprint density at radius 2 is 1.84 bits per heavy atom. The summed E-state index contributed by atoms with van der Waals surface area (Å²) < 4.78 is 7.81. The first-order valence-electron chi connectivity index (χ1n) is 8.64. The Labute approximate surface area is 147 Å². The topological polar surface area (TPSA) is 43.2 Å². The number of aryl methyl sites for hydroxylation is 1. The van der Waals surface area contributed by atoms with Crippen molar-refractivity contribution in [1.82, 2.24) is 19.9 Å². The summed E-state index contributed by atoms with van der Waals surface area (Å²) in [5, 5.41) is 8.66. The Balaban J connectivity index is 1.48. The van der Waals surface area contributed by atoms with E-state index in [2.05, 4.69) is 70.7 Å². The van der Waals surface area contributed by atoms with Gasteiger partial charge in [-0.25, -0.2) is 4.68 Å². The summed E-state index contributed by atoms with van der Waals surface area (Å²) in [4.78, 5) is 2.30. The summed E-state index contributed by atoms with van der Waals surface area (Å²) in [5.41, 5.74) is 4.68. The van der Waals surface area contributed by atoms with E-state index in [4.69, 9.17) is 4.74 Å². The molecule has 25 heavy (non-hydrogen) atoms. The van der Waals surface area contributed by atoms with E-state index in [9.17, 15) is 0 Å².